The van der Waals surface area contributed by atoms with E-state index in [-0.39, 0.29) is 5.41 Å². The number of nitrogens with zero attached hydrogens (tertiary/aromatic N) is 1. The molecule has 0 radical (unpaired) electrons. The number of hydrogen-bond donors (Lipinski definition) is 0. The Morgan fingerprint density at radius 1 is 1.00 bits per heavy atom. The molecule has 0 fully saturated rings. The van der Waals surface area contributed by atoms with Crippen LogP contribution in [0.5, 0.6) is 0 Å². The van der Waals surface area contributed by atoms with Crippen molar-refractivity contribution >= 4 is 0 Å². The summed E-state index contributed by atoms with van der Waals surface area (Å²) in [4.78, 5) is 0. The minimum absolute atomic E-state index is 0.238. The molecule has 1 nitrogen and oxygen atoms in total. The minimum atomic E-state index is 0.238. The van der Waals surface area contributed by atoms with E-state index in [0.717, 1.165) is 6.54 Å². The van der Waals surface area contributed by atoms with Gasteiger partial charge in [-0.25, -0.2) is 0 Å². The highest BCUT2D eigenvalue weighted by Gasteiger charge is 2.14. The predicted molar refractivity (Wildman–Crippen MR) is 68.7 cm³/mol. The second-order valence-corrected chi connectivity index (χ2v) is 5.31. The van der Waals surface area contributed by atoms with Gasteiger partial charge in [-0.05, 0) is 22.6 Å². The van der Waals surface area contributed by atoms with E-state index < -0.39 is 0 Å². The Labute approximate surface area is 97.7 Å². The summed E-state index contributed by atoms with van der Waals surface area (Å²) < 4.78 is 2.25. The number of rotatable bonds is 2. The Kier molecular flexibility index (Phi) is 2.86. The molecule has 1 heterocycles. The zero-order chi connectivity index (χ0) is 11.6. The van der Waals surface area contributed by atoms with Crippen LogP contribution in [0.25, 0.3) is 0 Å². The molecule has 0 saturated carbocycles. The third-order valence-corrected chi connectivity index (χ3v) is 2.82. The lowest BCUT2D eigenvalue weighted by Gasteiger charge is -2.16. The number of hydrogen-bond acceptors (Lipinski definition) is 0. The van der Waals surface area contributed by atoms with Gasteiger partial charge in [-0.3, -0.25) is 0 Å². The first-order chi connectivity index (χ1) is 7.55. The van der Waals surface area contributed by atoms with Gasteiger partial charge in [-0.2, -0.15) is 0 Å². The summed E-state index contributed by atoms with van der Waals surface area (Å²) in [6.45, 7) is 7.69. The highest BCUT2D eigenvalue weighted by atomic mass is 14.9. The van der Waals surface area contributed by atoms with Crippen molar-refractivity contribution in [1.29, 1.82) is 0 Å². The largest absolute Gasteiger partial charge is 0.350 e. The van der Waals surface area contributed by atoms with Crippen molar-refractivity contribution in [2.24, 2.45) is 0 Å². The normalized spacial score (nSPS) is 11.7. The summed E-state index contributed by atoms with van der Waals surface area (Å²) in [6.07, 6.45) is 4.40. The van der Waals surface area contributed by atoms with Gasteiger partial charge in [0.15, 0.2) is 0 Å². The standard InChI is InChI=1S/C15H19N/c1-15(2,3)14-9-10-16(12-14)11-13-7-5-4-6-8-13/h4-10,12H,11H2,1-3H3. The molecule has 0 N–H and O–H groups in total. The molecule has 0 bridgehead atoms. The molecule has 1 aromatic carbocycles. The van der Waals surface area contributed by atoms with Crippen molar-refractivity contribution in [2.75, 3.05) is 0 Å². The van der Waals surface area contributed by atoms with E-state index in [1.54, 1.807) is 0 Å². The molecule has 0 spiro atoms. The third kappa shape index (κ3) is 2.54. The van der Waals surface area contributed by atoms with Crippen molar-refractivity contribution in [1.82, 2.24) is 4.57 Å². The van der Waals surface area contributed by atoms with Crippen LogP contribution in [0, 0.1) is 0 Å². The Morgan fingerprint density at radius 3 is 2.25 bits per heavy atom. The van der Waals surface area contributed by atoms with Crippen LogP contribution in [0.15, 0.2) is 48.8 Å². The minimum Gasteiger partial charge on any atom is -0.350 e. The van der Waals surface area contributed by atoms with Crippen LogP contribution >= 0.6 is 0 Å². The maximum absolute atomic E-state index is 2.25. The van der Waals surface area contributed by atoms with Gasteiger partial charge in [0.2, 0.25) is 0 Å². The average Bonchev–Trinajstić information content (AvgIpc) is 2.67. The molecule has 0 atom stereocenters. The molecule has 0 unspecified atom stereocenters. The third-order valence-electron chi connectivity index (χ3n) is 2.82. The monoisotopic (exact) mass is 213 g/mol. The van der Waals surface area contributed by atoms with Crippen LogP contribution in [0.1, 0.15) is 31.9 Å². The van der Waals surface area contributed by atoms with Gasteiger partial charge in [0.1, 0.15) is 0 Å². The summed E-state index contributed by atoms with van der Waals surface area (Å²) >= 11 is 0. The Morgan fingerprint density at radius 2 is 1.69 bits per heavy atom. The van der Waals surface area contributed by atoms with Gasteiger partial charge in [0.25, 0.3) is 0 Å². The van der Waals surface area contributed by atoms with Crippen LogP contribution in [-0.2, 0) is 12.0 Å². The van der Waals surface area contributed by atoms with Crippen LogP contribution in [-0.4, -0.2) is 4.57 Å². The second kappa shape index (κ2) is 4.17. The highest BCUT2D eigenvalue weighted by Crippen LogP contribution is 2.22. The smallest absolute Gasteiger partial charge is 0.0470 e. The molecule has 2 aromatic rings. The zero-order valence-corrected chi connectivity index (χ0v) is 10.3. The van der Waals surface area contributed by atoms with Gasteiger partial charge in [-0.1, -0.05) is 51.1 Å². The maximum Gasteiger partial charge on any atom is 0.0470 e. The molecule has 16 heavy (non-hydrogen) atoms. The summed E-state index contributed by atoms with van der Waals surface area (Å²) in [5.74, 6) is 0. The van der Waals surface area contributed by atoms with Crippen LogP contribution in [0.2, 0.25) is 0 Å². The fraction of sp³-hybridized carbons (Fsp3) is 0.333. The molecule has 1 heteroatoms. The van der Waals surface area contributed by atoms with Gasteiger partial charge in [-0.15, -0.1) is 0 Å². The summed E-state index contributed by atoms with van der Waals surface area (Å²) in [7, 11) is 0. The fourth-order valence-corrected chi connectivity index (χ4v) is 1.78. The van der Waals surface area contributed by atoms with Crippen molar-refractivity contribution in [2.45, 2.75) is 32.7 Å². The van der Waals surface area contributed by atoms with E-state index in [0.29, 0.717) is 0 Å². The van der Waals surface area contributed by atoms with Crippen LogP contribution in [0.4, 0.5) is 0 Å². The van der Waals surface area contributed by atoms with Crippen LogP contribution in [0.3, 0.4) is 0 Å². The van der Waals surface area contributed by atoms with Crippen molar-refractivity contribution in [3.8, 4) is 0 Å². The van der Waals surface area contributed by atoms with Crippen molar-refractivity contribution < 1.29 is 0 Å². The lowest BCUT2D eigenvalue weighted by Crippen LogP contribution is -2.09. The van der Waals surface area contributed by atoms with Gasteiger partial charge >= 0.3 is 0 Å². The number of benzene rings is 1. The van der Waals surface area contributed by atoms with Crippen molar-refractivity contribution in [3.05, 3.63) is 59.9 Å². The quantitative estimate of drug-likeness (QED) is 0.714. The predicted octanol–water partition coefficient (Wildman–Crippen LogP) is 3.83. The average molecular weight is 213 g/mol. The summed E-state index contributed by atoms with van der Waals surface area (Å²) in [5.41, 5.74) is 2.98. The van der Waals surface area contributed by atoms with Crippen LogP contribution < -0.4 is 0 Å². The molecule has 0 aliphatic rings. The molecule has 2 rings (SSSR count). The first-order valence-corrected chi connectivity index (χ1v) is 5.76. The van der Waals surface area contributed by atoms with E-state index in [4.69, 9.17) is 0 Å². The first-order valence-electron chi connectivity index (χ1n) is 5.76. The Bertz CT molecular complexity index is 446. The van der Waals surface area contributed by atoms with Gasteiger partial charge in [0, 0.05) is 18.9 Å². The molecule has 84 valence electrons. The molecule has 1 aromatic heterocycles. The first kappa shape index (κ1) is 11.0. The Hall–Kier alpha value is -1.50. The zero-order valence-electron chi connectivity index (χ0n) is 10.3. The molecule has 0 aliphatic heterocycles. The molecule has 0 aliphatic carbocycles. The summed E-state index contributed by atoms with van der Waals surface area (Å²) in [6, 6.07) is 12.8. The fourth-order valence-electron chi connectivity index (χ4n) is 1.78. The molecular formula is C15H19N. The SMILES string of the molecule is CC(C)(C)c1ccn(Cc2ccccc2)c1. The van der Waals surface area contributed by atoms with E-state index in [1.807, 2.05) is 0 Å². The van der Waals surface area contributed by atoms with E-state index >= 15 is 0 Å². The molecule has 0 saturated heterocycles. The van der Waals surface area contributed by atoms with E-state index in [1.165, 1.54) is 11.1 Å². The lowest BCUT2D eigenvalue weighted by atomic mass is 9.89. The number of aromatic nitrogens is 1. The van der Waals surface area contributed by atoms with Crippen molar-refractivity contribution in [3.63, 3.8) is 0 Å². The van der Waals surface area contributed by atoms with E-state index in [2.05, 4.69) is 74.1 Å². The van der Waals surface area contributed by atoms with E-state index in [9.17, 15) is 0 Å². The van der Waals surface area contributed by atoms with Gasteiger partial charge < -0.3 is 4.57 Å². The maximum atomic E-state index is 2.25. The lowest BCUT2D eigenvalue weighted by molar-refractivity contribution is 0.588. The highest BCUT2D eigenvalue weighted by molar-refractivity contribution is 5.21. The second-order valence-electron chi connectivity index (χ2n) is 5.31. The van der Waals surface area contributed by atoms with Gasteiger partial charge in [0.05, 0.1) is 0 Å². The molecular weight excluding hydrogens is 194 g/mol. The summed E-state index contributed by atoms with van der Waals surface area (Å²) in [5, 5.41) is 0. The molecule has 0 amide bonds. The Balaban J connectivity index is 2.15. The topological polar surface area (TPSA) is 4.93 Å².